The monoisotopic (exact) mass is 293 g/mol. The summed E-state index contributed by atoms with van der Waals surface area (Å²) in [6, 6.07) is 6.85. The molecule has 1 heterocycles. The number of aliphatic hydroxyl groups excluding tert-OH is 1. The van der Waals surface area contributed by atoms with E-state index in [-0.39, 0.29) is 24.3 Å². The van der Waals surface area contributed by atoms with E-state index in [1.165, 1.54) is 0 Å². The van der Waals surface area contributed by atoms with Crippen molar-refractivity contribution in [3.8, 4) is 5.75 Å². The third-order valence-corrected chi connectivity index (χ3v) is 3.55. The number of phenols is 1. The Bertz CT molecular complexity index is 492. The molecule has 2 atom stereocenters. The van der Waals surface area contributed by atoms with E-state index in [0.29, 0.717) is 13.0 Å². The van der Waals surface area contributed by atoms with Gasteiger partial charge in [-0.2, -0.15) is 0 Å². The van der Waals surface area contributed by atoms with Crippen molar-refractivity contribution in [3.63, 3.8) is 0 Å². The summed E-state index contributed by atoms with van der Waals surface area (Å²) < 4.78 is 5.33. The van der Waals surface area contributed by atoms with Crippen LogP contribution in [0.25, 0.3) is 0 Å². The molecule has 0 unspecified atom stereocenters. The van der Waals surface area contributed by atoms with Gasteiger partial charge in [0.1, 0.15) is 11.4 Å². The number of hydrogen-bond acceptors (Lipinski definition) is 4. The molecule has 5 nitrogen and oxygen atoms in total. The van der Waals surface area contributed by atoms with Crippen molar-refractivity contribution in [2.24, 2.45) is 0 Å². The molecule has 2 rings (SSSR count). The molecule has 1 aromatic carbocycles. The first-order chi connectivity index (χ1) is 9.76. The highest BCUT2D eigenvalue weighted by Gasteiger charge is 2.33. The number of amides is 1. The molecule has 1 aliphatic heterocycles. The van der Waals surface area contributed by atoms with Gasteiger partial charge >= 0.3 is 6.09 Å². The van der Waals surface area contributed by atoms with Crippen LogP contribution < -0.4 is 0 Å². The van der Waals surface area contributed by atoms with Crippen LogP contribution in [0.2, 0.25) is 0 Å². The maximum absolute atomic E-state index is 12.0. The van der Waals surface area contributed by atoms with Crippen molar-refractivity contribution >= 4 is 6.09 Å². The van der Waals surface area contributed by atoms with Gasteiger partial charge in [-0.3, -0.25) is 0 Å². The topological polar surface area (TPSA) is 70.0 Å². The predicted molar refractivity (Wildman–Crippen MR) is 79.3 cm³/mol. The van der Waals surface area contributed by atoms with Crippen LogP contribution >= 0.6 is 0 Å². The highest BCUT2D eigenvalue weighted by Crippen LogP contribution is 2.30. The number of benzene rings is 1. The summed E-state index contributed by atoms with van der Waals surface area (Å²) in [5.74, 6) is 0.184. The van der Waals surface area contributed by atoms with Gasteiger partial charge in [0.25, 0.3) is 0 Å². The molecule has 21 heavy (non-hydrogen) atoms. The van der Waals surface area contributed by atoms with Gasteiger partial charge < -0.3 is 19.8 Å². The Morgan fingerprint density at radius 1 is 1.29 bits per heavy atom. The van der Waals surface area contributed by atoms with Gasteiger partial charge in [0.15, 0.2) is 0 Å². The van der Waals surface area contributed by atoms with E-state index in [2.05, 4.69) is 0 Å². The summed E-state index contributed by atoms with van der Waals surface area (Å²) in [4.78, 5) is 13.6. The predicted octanol–water partition coefficient (Wildman–Crippen LogP) is 2.48. The zero-order valence-corrected chi connectivity index (χ0v) is 12.7. The van der Waals surface area contributed by atoms with E-state index in [1.54, 1.807) is 17.0 Å². The Kier molecular flexibility index (Phi) is 4.42. The highest BCUT2D eigenvalue weighted by molar-refractivity contribution is 5.68. The minimum absolute atomic E-state index is 0.0238. The van der Waals surface area contributed by atoms with Gasteiger partial charge in [0.05, 0.1) is 12.6 Å². The molecular formula is C16H23NO4. The number of nitrogens with zero attached hydrogens (tertiary/aromatic N) is 1. The van der Waals surface area contributed by atoms with E-state index in [4.69, 9.17) is 4.74 Å². The average Bonchev–Trinajstić information content (AvgIpc) is 2.38. The lowest BCUT2D eigenvalue weighted by atomic mass is 9.87. The molecule has 0 radical (unpaired) electrons. The third-order valence-electron chi connectivity index (χ3n) is 3.55. The number of phenolic OH excluding ortho intramolecular Hbond substituents is 1. The number of likely N-dealkylation sites (tertiary alicyclic amines) is 1. The van der Waals surface area contributed by atoms with Crippen LogP contribution in [0.3, 0.4) is 0 Å². The number of rotatable bonds is 1. The molecule has 116 valence electrons. The Labute approximate surface area is 125 Å². The van der Waals surface area contributed by atoms with Crippen LogP contribution in [-0.2, 0) is 4.74 Å². The van der Waals surface area contributed by atoms with E-state index in [9.17, 15) is 15.0 Å². The Balaban J connectivity index is 1.99. The Hall–Kier alpha value is -1.75. The lowest BCUT2D eigenvalue weighted by Crippen LogP contribution is -2.47. The molecule has 1 saturated heterocycles. The van der Waals surface area contributed by atoms with Crippen molar-refractivity contribution in [1.29, 1.82) is 0 Å². The summed E-state index contributed by atoms with van der Waals surface area (Å²) >= 11 is 0. The third kappa shape index (κ3) is 4.11. The maximum atomic E-state index is 12.0. The molecule has 2 N–H and O–H groups in total. The van der Waals surface area contributed by atoms with Crippen LogP contribution in [0, 0.1) is 0 Å². The molecule has 0 aromatic heterocycles. The van der Waals surface area contributed by atoms with Crippen molar-refractivity contribution in [2.75, 3.05) is 13.1 Å². The first-order valence-corrected chi connectivity index (χ1v) is 7.21. The second-order valence-corrected chi connectivity index (χ2v) is 6.48. The number of carbonyl (C=O) groups excluding carboxylic acids is 1. The molecule has 0 spiro atoms. The molecule has 1 amide bonds. The molecular weight excluding hydrogens is 270 g/mol. The summed E-state index contributed by atoms with van der Waals surface area (Å²) in [6.45, 7) is 6.29. The van der Waals surface area contributed by atoms with Gasteiger partial charge in [0.2, 0.25) is 0 Å². The lowest BCUT2D eigenvalue weighted by molar-refractivity contribution is -0.00151. The van der Waals surface area contributed by atoms with Gasteiger partial charge in [-0.05, 0) is 44.9 Å². The van der Waals surface area contributed by atoms with E-state index >= 15 is 0 Å². The van der Waals surface area contributed by atoms with Gasteiger partial charge in [-0.15, -0.1) is 0 Å². The van der Waals surface area contributed by atoms with Gasteiger partial charge in [-0.25, -0.2) is 4.79 Å². The summed E-state index contributed by atoms with van der Waals surface area (Å²) in [5, 5.41) is 19.6. The molecule has 0 saturated carbocycles. The number of hydrogen-bond donors (Lipinski definition) is 2. The fraction of sp³-hybridized carbons (Fsp3) is 0.562. The van der Waals surface area contributed by atoms with Crippen molar-refractivity contribution < 1.29 is 19.7 Å². The standard InChI is InChI=1S/C16H23NO4/c1-16(2,3)21-15(20)17-9-8-13(14(19)10-17)11-4-6-12(18)7-5-11/h4-7,13-14,18-19H,8-10H2,1-3H3/t13-,14+/m1/s1. The zero-order valence-electron chi connectivity index (χ0n) is 12.7. The molecule has 1 aliphatic rings. The van der Waals surface area contributed by atoms with Crippen LogP contribution in [0.1, 0.15) is 38.7 Å². The first-order valence-electron chi connectivity index (χ1n) is 7.21. The van der Waals surface area contributed by atoms with Gasteiger partial charge in [-0.1, -0.05) is 12.1 Å². The molecule has 0 aliphatic carbocycles. The Morgan fingerprint density at radius 2 is 1.90 bits per heavy atom. The molecule has 5 heteroatoms. The van der Waals surface area contributed by atoms with E-state index in [0.717, 1.165) is 5.56 Å². The quantitative estimate of drug-likeness (QED) is 0.834. The minimum Gasteiger partial charge on any atom is -0.508 e. The van der Waals surface area contributed by atoms with Crippen molar-refractivity contribution in [2.45, 2.75) is 44.8 Å². The first kappa shape index (κ1) is 15.6. The average molecular weight is 293 g/mol. The van der Waals surface area contributed by atoms with Gasteiger partial charge in [0, 0.05) is 12.5 Å². The normalized spacial score (nSPS) is 23.0. The number of aliphatic hydroxyl groups is 1. The maximum Gasteiger partial charge on any atom is 0.410 e. The second-order valence-electron chi connectivity index (χ2n) is 6.48. The van der Waals surface area contributed by atoms with Crippen molar-refractivity contribution in [3.05, 3.63) is 29.8 Å². The van der Waals surface area contributed by atoms with Crippen LogP contribution in [-0.4, -0.2) is 46.0 Å². The van der Waals surface area contributed by atoms with E-state index < -0.39 is 11.7 Å². The molecule has 1 fully saturated rings. The summed E-state index contributed by atoms with van der Waals surface area (Å²) in [5.41, 5.74) is 0.444. The lowest BCUT2D eigenvalue weighted by Gasteiger charge is -2.36. The van der Waals surface area contributed by atoms with Crippen LogP contribution in [0.15, 0.2) is 24.3 Å². The zero-order chi connectivity index (χ0) is 15.6. The number of piperidine rings is 1. The molecule has 0 bridgehead atoms. The molecule has 1 aromatic rings. The van der Waals surface area contributed by atoms with E-state index in [1.807, 2.05) is 32.9 Å². The Morgan fingerprint density at radius 3 is 2.43 bits per heavy atom. The van der Waals surface area contributed by atoms with Crippen LogP contribution in [0.5, 0.6) is 5.75 Å². The summed E-state index contributed by atoms with van der Waals surface area (Å²) in [6.07, 6.45) is -0.341. The largest absolute Gasteiger partial charge is 0.508 e. The SMILES string of the molecule is CC(C)(C)OC(=O)N1CC[C@H](c2ccc(O)cc2)[C@@H](O)C1. The smallest absolute Gasteiger partial charge is 0.410 e. The fourth-order valence-corrected chi connectivity index (χ4v) is 2.53. The number of β-amino-alcohol motifs (C(OH)–C–C–N with tert-alkyl or cyclic N) is 1. The number of aromatic hydroxyl groups is 1. The highest BCUT2D eigenvalue weighted by atomic mass is 16.6. The van der Waals surface area contributed by atoms with Crippen LogP contribution in [0.4, 0.5) is 4.79 Å². The fourth-order valence-electron chi connectivity index (χ4n) is 2.53. The minimum atomic E-state index is -0.629. The number of carbonyl (C=O) groups is 1. The summed E-state index contributed by atoms with van der Waals surface area (Å²) in [7, 11) is 0. The van der Waals surface area contributed by atoms with Crippen molar-refractivity contribution in [1.82, 2.24) is 4.90 Å². The number of ether oxygens (including phenoxy) is 1. The second kappa shape index (κ2) is 5.93.